The zero-order chi connectivity index (χ0) is 13.5. The summed E-state index contributed by atoms with van der Waals surface area (Å²) in [7, 11) is 0. The highest BCUT2D eigenvalue weighted by molar-refractivity contribution is 7.99. The first kappa shape index (κ1) is 14.2. The monoisotopic (exact) mass is 295 g/mol. The smallest absolute Gasteiger partial charge is 0.230 e. The van der Waals surface area contributed by atoms with Gasteiger partial charge in [-0.1, -0.05) is 6.07 Å². The molecule has 5 heteroatoms. The van der Waals surface area contributed by atoms with Crippen molar-refractivity contribution in [3.63, 3.8) is 0 Å². The molecule has 1 N–H and O–H groups in total. The molecule has 2 aromatic heterocycles. The Hall–Kier alpha value is -1.20. The highest BCUT2D eigenvalue weighted by Gasteiger charge is 2.09. The van der Waals surface area contributed by atoms with Crippen LogP contribution in [0.5, 0.6) is 0 Å². The lowest BCUT2D eigenvalue weighted by Gasteiger charge is -2.12. The number of amides is 1. The Balaban J connectivity index is 1.63. The number of rotatable bonds is 7. The van der Waals surface area contributed by atoms with Crippen molar-refractivity contribution in [1.29, 1.82) is 0 Å². The normalized spacial score (nSPS) is 12.3. The van der Waals surface area contributed by atoms with Gasteiger partial charge in [-0.25, -0.2) is 0 Å². The number of hydrogen-bond acceptors (Lipinski definition) is 4. The molecule has 0 radical (unpaired) electrons. The van der Waals surface area contributed by atoms with Crippen LogP contribution in [0.2, 0.25) is 0 Å². The van der Waals surface area contributed by atoms with Gasteiger partial charge in [0.25, 0.3) is 0 Å². The third kappa shape index (κ3) is 5.12. The molecule has 0 aliphatic rings. The molecule has 0 saturated heterocycles. The molecule has 0 unspecified atom stereocenters. The van der Waals surface area contributed by atoms with Crippen molar-refractivity contribution in [3.05, 3.63) is 46.5 Å². The van der Waals surface area contributed by atoms with Gasteiger partial charge in [0.2, 0.25) is 5.91 Å². The van der Waals surface area contributed by atoms with E-state index < -0.39 is 0 Å². The fourth-order valence-electron chi connectivity index (χ4n) is 1.74. The van der Waals surface area contributed by atoms with Crippen LogP contribution in [0.4, 0.5) is 0 Å². The molecule has 0 spiro atoms. The van der Waals surface area contributed by atoms with Crippen LogP contribution in [0.1, 0.15) is 17.6 Å². The summed E-state index contributed by atoms with van der Waals surface area (Å²) >= 11 is 3.29. The summed E-state index contributed by atoms with van der Waals surface area (Å²) in [4.78, 5) is 13.1. The van der Waals surface area contributed by atoms with Gasteiger partial charge in [0.1, 0.15) is 5.76 Å². The quantitative estimate of drug-likeness (QED) is 0.852. The van der Waals surface area contributed by atoms with E-state index in [1.807, 2.05) is 25.1 Å². The van der Waals surface area contributed by atoms with Crippen molar-refractivity contribution >= 4 is 29.0 Å². The molecule has 2 aromatic rings. The van der Waals surface area contributed by atoms with Gasteiger partial charge in [-0.15, -0.1) is 23.1 Å². The molecule has 1 atom stereocenters. The summed E-state index contributed by atoms with van der Waals surface area (Å²) in [5, 5.41) is 5.07. The third-order valence-corrected chi connectivity index (χ3v) is 4.41. The van der Waals surface area contributed by atoms with Gasteiger partial charge in [0, 0.05) is 17.3 Å². The first-order valence-electron chi connectivity index (χ1n) is 6.16. The van der Waals surface area contributed by atoms with E-state index in [2.05, 4.69) is 16.8 Å². The van der Waals surface area contributed by atoms with Crippen molar-refractivity contribution in [2.45, 2.75) is 25.1 Å². The van der Waals surface area contributed by atoms with Crippen LogP contribution in [-0.4, -0.2) is 17.7 Å². The lowest BCUT2D eigenvalue weighted by molar-refractivity contribution is -0.119. The Kier molecular flexibility index (Phi) is 5.54. The number of carbonyl (C=O) groups is 1. The van der Waals surface area contributed by atoms with Gasteiger partial charge >= 0.3 is 0 Å². The van der Waals surface area contributed by atoms with Crippen LogP contribution >= 0.6 is 23.1 Å². The first-order chi connectivity index (χ1) is 9.24. The predicted octanol–water partition coefficient (Wildman–Crippen LogP) is 3.32. The van der Waals surface area contributed by atoms with Crippen molar-refractivity contribution < 1.29 is 9.21 Å². The second kappa shape index (κ2) is 7.40. The molecule has 0 fully saturated rings. The van der Waals surface area contributed by atoms with Crippen LogP contribution in [-0.2, 0) is 17.0 Å². The van der Waals surface area contributed by atoms with Crippen molar-refractivity contribution in [1.82, 2.24) is 5.32 Å². The van der Waals surface area contributed by atoms with E-state index in [-0.39, 0.29) is 11.9 Å². The summed E-state index contributed by atoms with van der Waals surface area (Å²) in [6.45, 7) is 2.04. The average molecular weight is 295 g/mol. The molecule has 0 aliphatic carbocycles. The average Bonchev–Trinajstić information content (AvgIpc) is 3.01. The molecule has 0 aromatic carbocycles. The number of carbonyl (C=O) groups excluding carboxylic acids is 1. The number of nitrogens with one attached hydrogen (secondary N) is 1. The Morgan fingerprint density at radius 1 is 1.47 bits per heavy atom. The van der Waals surface area contributed by atoms with E-state index in [0.717, 1.165) is 17.9 Å². The highest BCUT2D eigenvalue weighted by Crippen LogP contribution is 2.13. The maximum atomic E-state index is 11.8. The van der Waals surface area contributed by atoms with E-state index >= 15 is 0 Å². The number of hydrogen-bond donors (Lipinski definition) is 1. The minimum atomic E-state index is 0.0839. The van der Waals surface area contributed by atoms with Crippen LogP contribution in [0.25, 0.3) is 0 Å². The zero-order valence-electron chi connectivity index (χ0n) is 10.8. The second-order valence-electron chi connectivity index (χ2n) is 4.32. The molecular weight excluding hydrogens is 278 g/mol. The molecule has 2 rings (SSSR count). The van der Waals surface area contributed by atoms with E-state index in [9.17, 15) is 4.79 Å². The molecular formula is C14H17NO2S2. The SMILES string of the molecule is C[C@H](Cc1cccs1)NC(=O)CSCc1ccco1. The maximum Gasteiger partial charge on any atom is 0.230 e. The standard InChI is InChI=1S/C14H17NO2S2/c1-11(8-13-5-3-7-19-13)15-14(16)10-18-9-12-4-2-6-17-12/h2-7,11H,8-10H2,1H3,(H,15,16)/t11-/m1/s1. The Morgan fingerprint density at radius 3 is 3.05 bits per heavy atom. The van der Waals surface area contributed by atoms with Crippen LogP contribution in [0.15, 0.2) is 40.3 Å². The van der Waals surface area contributed by atoms with E-state index in [1.54, 1.807) is 29.4 Å². The van der Waals surface area contributed by atoms with Crippen LogP contribution in [0.3, 0.4) is 0 Å². The van der Waals surface area contributed by atoms with Gasteiger partial charge in [-0.05, 0) is 30.5 Å². The van der Waals surface area contributed by atoms with Gasteiger partial charge in [-0.3, -0.25) is 4.79 Å². The van der Waals surface area contributed by atoms with Crippen molar-refractivity contribution in [2.75, 3.05) is 5.75 Å². The highest BCUT2D eigenvalue weighted by atomic mass is 32.2. The summed E-state index contributed by atoms with van der Waals surface area (Å²) < 4.78 is 5.22. The lowest BCUT2D eigenvalue weighted by atomic mass is 10.2. The number of thioether (sulfide) groups is 1. The predicted molar refractivity (Wildman–Crippen MR) is 80.5 cm³/mol. The molecule has 0 bridgehead atoms. The minimum Gasteiger partial charge on any atom is -0.468 e. The molecule has 102 valence electrons. The van der Waals surface area contributed by atoms with Crippen molar-refractivity contribution in [2.24, 2.45) is 0 Å². The van der Waals surface area contributed by atoms with Gasteiger partial charge < -0.3 is 9.73 Å². The van der Waals surface area contributed by atoms with Crippen LogP contribution in [0, 0.1) is 0 Å². The Labute approximate surface area is 121 Å². The zero-order valence-corrected chi connectivity index (χ0v) is 12.4. The summed E-state index contributed by atoms with van der Waals surface area (Å²) in [5.74, 6) is 2.19. The van der Waals surface area contributed by atoms with Crippen LogP contribution < -0.4 is 5.32 Å². The fraction of sp³-hybridized carbons (Fsp3) is 0.357. The van der Waals surface area contributed by atoms with Gasteiger partial charge in [0.15, 0.2) is 0 Å². The minimum absolute atomic E-state index is 0.0839. The van der Waals surface area contributed by atoms with Gasteiger partial charge in [0.05, 0.1) is 17.8 Å². The van der Waals surface area contributed by atoms with Crippen molar-refractivity contribution in [3.8, 4) is 0 Å². The van der Waals surface area contributed by atoms with E-state index in [4.69, 9.17) is 4.42 Å². The fourth-order valence-corrected chi connectivity index (χ4v) is 3.31. The largest absolute Gasteiger partial charge is 0.468 e. The summed E-state index contributed by atoms with van der Waals surface area (Å²) in [5.41, 5.74) is 0. The summed E-state index contributed by atoms with van der Waals surface area (Å²) in [6.07, 6.45) is 2.55. The van der Waals surface area contributed by atoms with E-state index in [0.29, 0.717) is 5.75 Å². The molecule has 0 aliphatic heterocycles. The molecule has 19 heavy (non-hydrogen) atoms. The second-order valence-corrected chi connectivity index (χ2v) is 6.34. The number of furan rings is 1. The summed E-state index contributed by atoms with van der Waals surface area (Å²) in [6, 6.07) is 8.09. The molecule has 0 saturated carbocycles. The maximum absolute atomic E-state index is 11.8. The molecule has 2 heterocycles. The Morgan fingerprint density at radius 2 is 2.37 bits per heavy atom. The van der Waals surface area contributed by atoms with Gasteiger partial charge in [-0.2, -0.15) is 0 Å². The lowest BCUT2D eigenvalue weighted by Crippen LogP contribution is -2.35. The first-order valence-corrected chi connectivity index (χ1v) is 8.19. The third-order valence-electron chi connectivity index (χ3n) is 2.55. The molecule has 1 amide bonds. The molecule has 3 nitrogen and oxygen atoms in total. The Bertz CT molecular complexity index is 480. The van der Waals surface area contributed by atoms with E-state index in [1.165, 1.54) is 4.88 Å². The topological polar surface area (TPSA) is 42.2 Å². The number of thiophene rings is 1.